The van der Waals surface area contributed by atoms with Crippen molar-refractivity contribution in [1.29, 1.82) is 0 Å². The summed E-state index contributed by atoms with van der Waals surface area (Å²) in [7, 11) is -4.40. The molecule has 3 heterocycles. The van der Waals surface area contributed by atoms with Gasteiger partial charge in [0.1, 0.15) is 17.7 Å². The SMILES string of the molecule is CC(C)(CO)C(=O)SCCOP(=O)(OCCSC(=O)C(C)(C)CO)OC[C@H]1OC(n2cnc3c(N)nc(Cl)nc32)[C@H](F)[C@H]1O. The number of aromatic nitrogens is 4. The van der Waals surface area contributed by atoms with Gasteiger partial charge in [0.15, 0.2) is 34.1 Å². The number of nitrogens with two attached hydrogens (primary N) is 1. The smallest absolute Gasteiger partial charge is 0.395 e. The third kappa shape index (κ3) is 9.09. The Hall–Kier alpha value is -1.44. The van der Waals surface area contributed by atoms with Gasteiger partial charge in [0.25, 0.3) is 0 Å². The summed E-state index contributed by atoms with van der Waals surface area (Å²) < 4.78 is 51.7. The standard InChI is InChI=1S/C24H36ClFN5O10PS2/c1-23(2,10-32)20(35)43-7-5-38-42(37,39-6-8-44-21(36)24(3,4)11-33)40-9-13-16(34)14(26)19(41-13)31-12-28-15-17(27)29-22(25)30-18(15)31/h12-14,16,19,32-34H,5-11H2,1-4H3,(H2,27,29,30)/t13-,14-,16+,19?/m1/s1. The average Bonchev–Trinajstić information content (AvgIpc) is 3.52. The number of rotatable bonds is 16. The number of imidazole rings is 1. The van der Waals surface area contributed by atoms with Gasteiger partial charge in [-0.1, -0.05) is 23.5 Å². The molecule has 1 aliphatic rings. The van der Waals surface area contributed by atoms with E-state index in [-0.39, 0.29) is 70.4 Å². The molecular formula is C24H36ClFN5O10PS2. The lowest BCUT2D eigenvalue weighted by Crippen LogP contribution is -2.31. The van der Waals surface area contributed by atoms with Crippen molar-refractivity contribution in [3.05, 3.63) is 11.6 Å². The summed E-state index contributed by atoms with van der Waals surface area (Å²) in [5, 5.41) is 28.5. The lowest BCUT2D eigenvalue weighted by molar-refractivity contribution is -0.120. The van der Waals surface area contributed by atoms with E-state index in [1.54, 1.807) is 27.7 Å². The van der Waals surface area contributed by atoms with Crippen LogP contribution in [0.1, 0.15) is 33.9 Å². The van der Waals surface area contributed by atoms with Crippen molar-refractivity contribution in [2.24, 2.45) is 10.8 Å². The number of ether oxygens (including phenoxy) is 1. The van der Waals surface area contributed by atoms with Crippen molar-refractivity contribution in [3.63, 3.8) is 0 Å². The molecule has 5 N–H and O–H groups in total. The first-order valence-corrected chi connectivity index (χ1v) is 17.1. The molecule has 0 bridgehead atoms. The summed E-state index contributed by atoms with van der Waals surface area (Å²) in [6.07, 6.45) is -5.30. The Bertz CT molecular complexity index is 1330. The lowest BCUT2D eigenvalue weighted by atomic mass is 9.97. The number of anilines is 1. The molecule has 0 spiro atoms. The molecule has 0 aromatic carbocycles. The van der Waals surface area contributed by atoms with Crippen molar-refractivity contribution in [2.45, 2.75) is 52.3 Å². The van der Waals surface area contributed by atoms with E-state index in [2.05, 4.69) is 15.0 Å². The quantitative estimate of drug-likeness (QED) is 0.112. The topological polar surface area (TPSA) is 218 Å². The second-order valence-electron chi connectivity index (χ2n) is 11.0. The predicted molar refractivity (Wildman–Crippen MR) is 162 cm³/mol. The molecule has 2 aromatic rings. The maximum atomic E-state index is 15.2. The summed E-state index contributed by atoms with van der Waals surface area (Å²) in [6, 6.07) is 0. The first-order chi connectivity index (χ1) is 20.5. The molecule has 2 aromatic heterocycles. The number of phosphoric acid groups is 1. The number of hydrogen-bond acceptors (Lipinski definition) is 16. The van der Waals surface area contributed by atoms with Crippen LogP contribution in [0.2, 0.25) is 5.28 Å². The minimum absolute atomic E-state index is 0.0370. The van der Waals surface area contributed by atoms with Crippen LogP contribution in [0, 0.1) is 10.8 Å². The number of halogens is 2. The van der Waals surface area contributed by atoms with Crippen molar-refractivity contribution in [2.75, 3.05) is 50.3 Å². The maximum Gasteiger partial charge on any atom is 0.474 e. The van der Waals surface area contributed by atoms with Crippen LogP contribution in [0.5, 0.6) is 0 Å². The predicted octanol–water partition coefficient (Wildman–Crippen LogP) is 2.37. The van der Waals surface area contributed by atoms with Crippen LogP contribution in [-0.2, 0) is 32.5 Å². The van der Waals surface area contributed by atoms with Crippen molar-refractivity contribution < 1.29 is 52.2 Å². The van der Waals surface area contributed by atoms with Crippen LogP contribution in [0.15, 0.2) is 6.33 Å². The van der Waals surface area contributed by atoms with Gasteiger partial charge in [-0.2, -0.15) is 9.97 Å². The van der Waals surface area contributed by atoms with E-state index in [0.29, 0.717) is 0 Å². The molecule has 15 nitrogen and oxygen atoms in total. The summed E-state index contributed by atoms with van der Waals surface area (Å²) in [6.45, 7) is 4.36. The number of nitrogen functional groups attached to an aromatic ring is 1. The molecule has 44 heavy (non-hydrogen) atoms. The summed E-state index contributed by atoms with van der Waals surface area (Å²) in [4.78, 5) is 36.4. The second kappa shape index (κ2) is 15.4. The van der Waals surface area contributed by atoms with E-state index in [9.17, 15) is 29.5 Å². The van der Waals surface area contributed by atoms with Gasteiger partial charge in [-0.3, -0.25) is 27.7 Å². The van der Waals surface area contributed by atoms with Crippen molar-refractivity contribution in [3.8, 4) is 0 Å². The highest BCUT2D eigenvalue weighted by Crippen LogP contribution is 2.50. The summed E-state index contributed by atoms with van der Waals surface area (Å²) in [5.41, 5.74) is 4.03. The molecule has 0 saturated carbocycles. The highest BCUT2D eigenvalue weighted by atomic mass is 35.5. The van der Waals surface area contributed by atoms with Crippen LogP contribution in [0.3, 0.4) is 0 Å². The zero-order valence-electron chi connectivity index (χ0n) is 24.4. The van der Waals surface area contributed by atoms with Crippen LogP contribution in [0.4, 0.5) is 10.2 Å². The third-order valence-corrected chi connectivity index (χ3v) is 10.4. The van der Waals surface area contributed by atoms with Gasteiger partial charge >= 0.3 is 7.82 Å². The molecule has 1 saturated heterocycles. The Kier molecular flexibility index (Phi) is 13.0. The molecule has 0 aliphatic carbocycles. The molecule has 20 heteroatoms. The average molecular weight is 704 g/mol. The van der Waals surface area contributed by atoms with Gasteiger partial charge in [-0.15, -0.1) is 0 Å². The number of phosphoric ester groups is 1. The Labute approximate surface area is 266 Å². The lowest BCUT2D eigenvalue weighted by Gasteiger charge is -2.22. The number of aliphatic hydroxyl groups is 3. The zero-order valence-corrected chi connectivity index (χ0v) is 27.7. The normalized spacial score (nSPS) is 21.3. The van der Waals surface area contributed by atoms with E-state index in [0.717, 1.165) is 23.5 Å². The van der Waals surface area contributed by atoms with Crippen molar-refractivity contribution in [1.82, 2.24) is 19.5 Å². The van der Waals surface area contributed by atoms with Gasteiger partial charge < -0.3 is 25.8 Å². The molecule has 1 unspecified atom stereocenters. The molecule has 4 atom stereocenters. The van der Waals surface area contributed by atoms with E-state index >= 15 is 4.39 Å². The van der Waals surface area contributed by atoms with Crippen LogP contribution >= 0.6 is 42.9 Å². The van der Waals surface area contributed by atoms with Crippen LogP contribution in [-0.4, -0.2) is 108 Å². The maximum absolute atomic E-state index is 15.2. The van der Waals surface area contributed by atoms with Crippen LogP contribution in [0.25, 0.3) is 11.2 Å². The summed E-state index contributed by atoms with van der Waals surface area (Å²) in [5.74, 6) is 0.0346. The third-order valence-electron chi connectivity index (χ3n) is 6.41. The van der Waals surface area contributed by atoms with E-state index < -0.39 is 49.9 Å². The van der Waals surface area contributed by atoms with Crippen LogP contribution < -0.4 is 5.73 Å². The molecule has 1 fully saturated rings. The molecule has 1 aliphatic heterocycles. The number of carbonyl (C=O) groups is 2. The Morgan fingerprint density at radius 1 is 1.09 bits per heavy atom. The number of alkyl halides is 1. The number of hydrogen-bond donors (Lipinski definition) is 4. The Morgan fingerprint density at radius 3 is 2.16 bits per heavy atom. The number of aliphatic hydroxyl groups excluding tert-OH is 3. The van der Waals surface area contributed by atoms with E-state index in [1.807, 2.05) is 0 Å². The fraction of sp³-hybridized carbons (Fsp3) is 0.708. The number of fused-ring (bicyclic) bond motifs is 1. The molecule has 0 amide bonds. The molecular weight excluding hydrogens is 668 g/mol. The molecule has 3 rings (SSSR count). The Balaban J connectivity index is 1.66. The fourth-order valence-corrected chi connectivity index (χ4v) is 6.74. The highest BCUT2D eigenvalue weighted by molar-refractivity contribution is 8.14. The largest absolute Gasteiger partial charge is 0.474 e. The Morgan fingerprint density at radius 2 is 1.64 bits per heavy atom. The minimum Gasteiger partial charge on any atom is -0.395 e. The van der Waals surface area contributed by atoms with E-state index in [1.165, 1.54) is 10.9 Å². The first-order valence-electron chi connectivity index (χ1n) is 13.3. The zero-order chi connectivity index (χ0) is 32.9. The van der Waals surface area contributed by atoms with E-state index in [4.69, 9.17) is 35.6 Å². The molecule has 248 valence electrons. The number of thioether (sulfide) groups is 2. The summed E-state index contributed by atoms with van der Waals surface area (Å²) >= 11 is 7.59. The molecule has 0 radical (unpaired) electrons. The van der Waals surface area contributed by atoms with Gasteiger partial charge in [0, 0.05) is 11.5 Å². The second-order valence-corrected chi connectivity index (χ2v) is 15.1. The minimum atomic E-state index is -4.40. The van der Waals surface area contributed by atoms with Gasteiger partial charge in [-0.05, 0) is 39.3 Å². The monoisotopic (exact) mass is 703 g/mol. The number of carbonyl (C=O) groups excluding carboxylic acids is 2. The highest BCUT2D eigenvalue weighted by Gasteiger charge is 2.47. The first kappa shape index (κ1) is 37.0. The van der Waals surface area contributed by atoms with Crippen molar-refractivity contribution >= 4 is 70.2 Å². The fourth-order valence-electron chi connectivity index (χ4n) is 3.53. The van der Waals surface area contributed by atoms with Gasteiger partial charge in [0.05, 0.1) is 50.2 Å². The number of nitrogens with zero attached hydrogens (tertiary/aromatic N) is 4. The van der Waals surface area contributed by atoms with Gasteiger partial charge in [0.2, 0.25) is 5.28 Å². The van der Waals surface area contributed by atoms with Gasteiger partial charge in [-0.25, -0.2) is 13.9 Å².